The summed E-state index contributed by atoms with van der Waals surface area (Å²) in [6.45, 7) is 6.91. The third kappa shape index (κ3) is 3.70. The summed E-state index contributed by atoms with van der Waals surface area (Å²) in [5, 5.41) is 21.4. The van der Waals surface area contributed by atoms with E-state index in [4.69, 9.17) is 0 Å². The lowest BCUT2D eigenvalue weighted by Crippen LogP contribution is -2.58. The van der Waals surface area contributed by atoms with Gasteiger partial charge < -0.3 is 14.8 Å². The zero-order valence-electron chi connectivity index (χ0n) is 18.2. The van der Waals surface area contributed by atoms with Crippen molar-refractivity contribution in [1.29, 1.82) is 0 Å². The molecule has 29 heavy (non-hydrogen) atoms. The Morgan fingerprint density at radius 2 is 1.66 bits per heavy atom. The van der Waals surface area contributed by atoms with Crippen molar-refractivity contribution in [2.24, 2.45) is 46.3 Å². The van der Waals surface area contributed by atoms with Crippen molar-refractivity contribution in [3.63, 3.8) is 0 Å². The van der Waals surface area contributed by atoms with E-state index < -0.39 is 10.1 Å². The highest BCUT2D eigenvalue weighted by atomic mass is 32.2. The SMILES string of the molecule is C[C@H](CCS(=O)(=O)[O-])[C@H]1CC[C@H]2[C@@H]3C(O)CC4CC(O)CC[C@]4(C)[C@H]3CC[C@]12C. The topological polar surface area (TPSA) is 97.7 Å². The lowest BCUT2D eigenvalue weighted by atomic mass is 9.43. The van der Waals surface area contributed by atoms with Gasteiger partial charge in [0.2, 0.25) is 0 Å². The normalized spacial score (nSPS) is 51.0. The standard InChI is InChI=1S/C23H40O5S/c1-14(8-11-29(26,27)28)17-4-5-18-21-19(7-10-23(17,18)3)22(2)9-6-16(24)12-15(22)13-20(21)25/h14-21,24-25H,4-13H2,1-3H3,(H,26,27,28)/p-1/t14-,15?,16?,17-,18+,19+,20?,21+,22+,23-/m1/s1. The van der Waals surface area contributed by atoms with E-state index >= 15 is 0 Å². The molecule has 0 aromatic heterocycles. The maximum absolute atomic E-state index is 11.2. The summed E-state index contributed by atoms with van der Waals surface area (Å²) in [4.78, 5) is 0. The van der Waals surface area contributed by atoms with Crippen LogP contribution in [0.4, 0.5) is 0 Å². The van der Waals surface area contributed by atoms with E-state index in [0.29, 0.717) is 36.0 Å². The number of aliphatic hydroxyl groups is 2. The van der Waals surface area contributed by atoms with E-state index in [9.17, 15) is 23.2 Å². The summed E-state index contributed by atoms with van der Waals surface area (Å²) in [6.07, 6.45) is 8.01. The Labute approximate surface area is 176 Å². The van der Waals surface area contributed by atoms with Crippen molar-refractivity contribution >= 4 is 10.1 Å². The molecule has 4 aliphatic carbocycles. The highest BCUT2D eigenvalue weighted by Gasteiger charge is 2.62. The van der Waals surface area contributed by atoms with Crippen LogP contribution in [0.25, 0.3) is 0 Å². The molecule has 6 heteroatoms. The van der Waals surface area contributed by atoms with E-state index in [-0.39, 0.29) is 34.7 Å². The van der Waals surface area contributed by atoms with Gasteiger partial charge in [0.05, 0.1) is 22.3 Å². The van der Waals surface area contributed by atoms with Crippen molar-refractivity contribution in [2.45, 2.75) is 90.8 Å². The molecule has 0 heterocycles. The Kier molecular flexibility index (Phi) is 5.67. The molecule has 4 aliphatic rings. The molecule has 4 fully saturated rings. The average molecular weight is 428 g/mol. The lowest BCUT2D eigenvalue weighted by Gasteiger charge is -2.62. The minimum atomic E-state index is -4.16. The van der Waals surface area contributed by atoms with Gasteiger partial charge in [-0.25, -0.2) is 8.42 Å². The highest BCUT2D eigenvalue weighted by Crippen LogP contribution is 2.68. The Morgan fingerprint density at radius 1 is 1.00 bits per heavy atom. The van der Waals surface area contributed by atoms with Gasteiger partial charge in [0.15, 0.2) is 0 Å². The van der Waals surface area contributed by atoms with Gasteiger partial charge >= 0.3 is 0 Å². The predicted octanol–water partition coefficient (Wildman–Crippen LogP) is 3.55. The maximum Gasteiger partial charge on any atom is 0.0946 e. The van der Waals surface area contributed by atoms with Crippen LogP contribution >= 0.6 is 0 Å². The number of hydrogen-bond acceptors (Lipinski definition) is 5. The van der Waals surface area contributed by atoms with Gasteiger partial charge in [-0.2, -0.15) is 0 Å². The first kappa shape index (κ1) is 22.0. The lowest BCUT2D eigenvalue weighted by molar-refractivity contribution is -0.174. The molecule has 0 bridgehead atoms. The fourth-order valence-corrected chi connectivity index (χ4v) is 9.37. The van der Waals surface area contributed by atoms with Crippen LogP contribution in [0.5, 0.6) is 0 Å². The van der Waals surface area contributed by atoms with Crippen molar-refractivity contribution in [3.05, 3.63) is 0 Å². The fourth-order valence-electron chi connectivity index (χ4n) is 8.71. The molecule has 0 saturated heterocycles. The fraction of sp³-hybridized carbons (Fsp3) is 1.00. The molecule has 0 aromatic carbocycles. The Balaban J connectivity index is 1.55. The van der Waals surface area contributed by atoms with Crippen molar-refractivity contribution in [2.75, 3.05) is 5.75 Å². The molecule has 2 N–H and O–H groups in total. The molecule has 4 saturated carbocycles. The summed E-state index contributed by atoms with van der Waals surface area (Å²) in [6, 6.07) is 0. The Hall–Kier alpha value is -0.170. The van der Waals surface area contributed by atoms with E-state index in [0.717, 1.165) is 51.4 Å². The van der Waals surface area contributed by atoms with Gasteiger partial charge in [-0.3, -0.25) is 0 Å². The van der Waals surface area contributed by atoms with Gasteiger partial charge in [0, 0.05) is 5.75 Å². The second-order valence-corrected chi connectivity index (χ2v) is 13.0. The average Bonchev–Trinajstić information content (AvgIpc) is 2.98. The molecule has 3 unspecified atom stereocenters. The maximum atomic E-state index is 11.2. The Morgan fingerprint density at radius 3 is 2.34 bits per heavy atom. The van der Waals surface area contributed by atoms with Crippen LogP contribution in [0.15, 0.2) is 0 Å². The minimum Gasteiger partial charge on any atom is -0.748 e. The molecule has 0 aliphatic heterocycles. The summed E-state index contributed by atoms with van der Waals surface area (Å²) >= 11 is 0. The largest absolute Gasteiger partial charge is 0.748 e. The van der Waals surface area contributed by atoms with Gasteiger partial charge in [-0.05, 0) is 104 Å². The summed E-state index contributed by atoms with van der Waals surface area (Å²) < 4.78 is 33.4. The summed E-state index contributed by atoms with van der Waals surface area (Å²) in [7, 11) is -4.16. The summed E-state index contributed by atoms with van der Waals surface area (Å²) in [5.74, 6) is 2.15. The molecule has 10 atom stereocenters. The quantitative estimate of drug-likeness (QED) is 0.669. The first-order valence-electron chi connectivity index (χ1n) is 11.8. The van der Waals surface area contributed by atoms with E-state index in [1.54, 1.807) is 0 Å². The van der Waals surface area contributed by atoms with Crippen LogP contribution in [0.3, 0.4) is 0 Å². The van der Waals surface area contributed by atoms with Crippen molar-refractivity contribution < 1.29 is 23.2 Å². The van der Waals surface area contributed by atoms with Crippen LogP contribution in [0.1, 0.15) is 78.6 Å². The van der Waals surface area contributed by atoms with Gasteiger partial charge in [0.25, 0.3) is 0 Å². The van der Waals surface area contributed by atoms with Crippen LogP contribution in [0, 0.1) is 46.3 Å². The molecule has 5 nitrogen and oxygen atoms in total. The minimum absolute atomic E-state index is 0.131. The van der Waals surface area contributed by atoms with Gasteiger partial charge in [-0.1, -0.05) is 20.8 Å². The third-order valence-electron chi connectivity index (χ3n) is 10.2. The van der Waals surface area contributed by atoms with Gasteiger partial charge in [-0.15, -0.1) is 0 Å². The molecule has 0 radical (unpaired) electrons. The van der Waals surface area contributed by atoms with Crippen LogP contribution in [-0.2, 0) is 10.1 Å². The first-order chi connectivity index (χ1) is 13.5. The zero-order valence-corrected chi connectivity index (χ0v) is 19.0. The molecule has 4 rings (SSSR count). The number of rotatable bonds is 4. The zero-order chi connectivity index (χ0) is 21.2. The van der Waals surface area contributed by atoms with E-state index in [1.165, 1.54) is 0 Å². The highest BCUT2D eigenvalue weighted by molar-refractivity contribution is 7.85. The molecule has 0 spiro atoms. The van der Waals surface area contributed by atoms with Gasteiger partial charge in [0.1, 0.15) is 0 Å². The number of aliphatic hydroxyl groups excluding tert-OH is 2. The summed E-state index contributed by atoms with van der Waals surface area (Å²) in [5.41, 5.74) is 0.358. The number of hydrogen-bond donors (Lipinski definition) is 2. The molecule has 0 aromatic rings. The van der Waals surface area contributed by atoms with E-state index in [1.807, 2.05) is 0 Å². The van der Waals surface area contributed by atoms with Crippen molar-refractivity contribution in [3.8, 4) is 0 Å². The monoisotopic (exact) mass is 427 g/mol. The second kappa shape index (κ2) is 7.46. The predicted molar refractivity (Wildman–Crippen MR) is 111 cm³/mol. The van der Waals surface area contributed by atoms with Crippen LogP contribution < -0.4 is 0 Å². The molecular formula is C23H39O5S-. The van der Waals surface area contributed by atoms with Crippen molar-refractivity contribution in [1.82, 2.24) is 0 Å². The first-order valence-corrected chi connectivity index (χ1v) is 13.3. The third-order valence-corrected chi connectivity index (χ3v) is 11.0. The Bertz CT molecular complexity index is 723. The molecule has 168 valence electrons. The number of fused-ring (bicyclic) bond motifs is 5. The van der Waals surface area contributed by atoms with E-state index in [2.05, 4.69) is 20.8 Å². The molecular weight excluding hydrogens is 388 g/mol. The molecule has 0 amide bonds. The van der Waals surface area contributed by atoms with Crippen LogP contribution in [0.2, 0.25) is 0 Å². The smallest absolute Gasteiger partial charge is 0.0946 e. The second-order valence-electron chi connectivity index (χ2n) is 11.5. The van der Waals surface area contributed by atoms with Crippen LogP contribution in [-0.4, -0.2) is 41.1 Å².